The van der Waals surface area contributed by atoms with E-state index >= 15 is 0 Å². The zero-order valence-electron chi connectivity index (χ0n) is 11.1. The van der Waals surface area contributed by atoms with E-state index in [-0.39, 0.29) is 17.9 Å². The van der Waals surface area contributed by atoms with Crippen molar-refractivity contribution in [2.75, 3.05) is 11.9 Å². The van der Waals surface area contributed by atoms with Crippen LogP contribution in [0.2, 0.25) is 0 Å². The summed E-state index contributed by atoms with van der Waals surface area (Å²) in [5, 5.41) is 11.8. The minimum absolute atomic E-state index is 0.121. The predicted octanol–water partition coefficient (Wildman–Crippen LogP) is 3.10. The van der Waals surface area contributed by atoms with Crippen molar-refractivity contribution in [2.45, 2.75) is 13.5 Å². The Labute approximate surface area is 116 Å². The second-order valence-electron chi connectivity index (χ2n) is 4.09. The first kappa shape index (κ1) is 13.8. The maximum Gasteiger partial charge on any atom is 0.166 e. The van der Waals surface area contributed by atoms with E-state index in [1.54, 1.807) is 12.3 Å². The van der Waals surface area contributed by atoms with Gasteiger partial charge in [-0.1, -0.05) is 6.07 Å². The van der Waals surface area contributed by atoms with Crippen LogP contribution >= 0.6 is 0 Å². The molecule has 0 radical (unpaired) electrons. The number of nitrogens with one attached hydrogen (secondary N) is 1. The number of nitrogens with zero attached hydrogens (tertiary/aromatic N) is 2. The summed E-state index contributed by atoms with van der Waals surface area (Å²) >= 11 is 0. The van der Waals surface area contributed by atoms with E-state index in [2.05, 4.69) is 10.3 Å². The average molecular weight is 271 g/mol. The Hall–Kier alpha value is -2.61. The highest BCUT2D eigenvalue weighted by atomic mass is 19.1. The van der Waals surface area contributed by atoms with Gasteiger partial charge in [-0.25, -0.2) is 9.37 Å². The summed E-state index contributed by atoms with van der Waals surface area (Å²) in [5.74, 6) is 0.303. The van der Waals surface area contributed by atoms with Crippen LogP contribution in [-0.2, 0) is 6.61 Å². The van der Waals surface area contributed by atoms with Crippen molar-refractivity contribution in [3.8, 4) is 11.8 Å². The van der Waals surface area contributed by atoms with Gasteiger partial charge in [0, 0.05) is 18.3 Å². The maximum absolute atomic E-state index is 13.7. The molecule has 0 atom stereocenters. The Kier molecular flexibility index (Phi) is 4.51. The molecule has 0 aliphatic heterocycles. The highest BCUT2D eigenvalue weighted by molar-refractivity contribution is 5.43. The summed E-state index contributed by atoms with van der Waals surface area (Å²) < 4.78 is 19.1. The third-order valence-corrected chi connectivity index (χ3v) is 2.68. The van der Waals surface area contributed by atoms with Crippen molar-refractivity contribution in [1.82, 2.24) is 4.98 Å². The van der Waals surface area contributed by atoms with E-state index in [0.717, 1.165) is 24.0 Å². The Morgan fingerprint density at radius 2 is 2.25 bits per heavy atom. The maximum atomic E-state index is 13.7. The molecule has 102 valence electrons. The number of nitriles is 1. The second kappa shape index (κ2) is 6.53. The number of rotatable bonds is 5. The molecule has 0 fully saturated rings. The van der Waals surface area contributed by atoms with Gasteiger partial charge >= 0.3 is 0 Å². The van der Waals surface area contributed by atoms with Crippen LogP contribution in [0.4, 0.5) is 10.2 Å². The highest BCUT2D eigenvalue weighted by Crippen LogP contribution is 2.21. The van der Waals surface area contributed by atoms with Crippen LogP contribution < -0.4 is 10.1 Å². The lowest BCUT2D eigenvalue weighted by molar-refractivity contribution is 0.290. The molecule has 5 heteroatoms. The first-order chi connectivity index (χ1) is 9.74. The fourth-order valence-corrected chi connectivity index (χ4v) is 1.72. The van der Waals surface area contributed by atoms with Gasteiger partial charge in [-0.2, -0.15) is 5.26 Å². The molecule has 0 saturated heterocycles. The van der Waals surface area contributed by atoms with Gasteiger partial charge in [-0.05, 0) is 31.2 Å². The van der Waals surface area contributed by atoms with E-state index < -0.39 is 5.82 Å². The SMILES string of the molecule is CCNc1ncccc1COc1ccc(C#N)cc1F. The van der Waals surface area contributed by atoms with Crippen molar-refractivity contribution in [3.05, 3.63) is 53.5 Å². The van der Waals surface area contributed by atoms with Crippen LogP contribution in [0.25, 0.3) is 0 Å². The minimum atomic E-state index is -0.544. The van der Waals surface area contributed by atoms with E-state index in [0.29, 0.717) is 0 Å². The van der Waals surface area contributed by atoms with Crippen molar-refractivity contribution >= 4 is 5.82 Å². The monoisotopic (exact) mass is 271 g/mol. The van der Waals surface area contributed by atoms with Gasteiger partial charge in [0.25, 0.3) is 0 Å². The summed E-state index contributed by atoms with van der Waals surface area (Å²) in [4.78, 5) is 4.20. The van der Waals surface area contributed by atoms with Gasteiger partial charge in [0.15, 0.2) is 11.6 Å². The Bertz CT molecular complexity index is 637. The molecule has 4 nitrogen and oxygen atoms in total. The number of ether oxygens (including phenoxy) is 1. The number of aromatic nitrogens is 1. The van der Waals surface area contributed by atoms with E-state index in [1.807, 2.05) is 19.1 Å². The number of benzene rings is 1. The van der Waals surface area contributed by atoms with E-state index in [1.165, 1.54) is 12.1 Å². The predicted molar refractivity (Wildman–Crippen MR) is 73.8 cm³/mol. The van der Waals surface area contributed by atoms with Gasteiger partial charge in [0.05, 0.1) is 11.6 Å². The van der Waals surface area contributed by atoms with Crippen molar-refractivity contribution in [2.24, 2.45) is 0 Å². The molecular formula is C15H14FN3O. The number of hydrogen-bond donors (Lipinski definition) is 1. The largest absolute Gasteiger partial charge is 0.486 e. The zero-order chi connectivity index (χ0) is 14.4. The fourth-order valence-electron chi connectivity index (χ4n) is 1.72. The first-order valence-corrected chi connectivity index (χ1v) is 6.24. The normalized spacial score (nSPS) is 9.85. The molecule has 1 aromatic carbocycles. The summed E-state index contributed by atoms with van der Waals surface area (Å²) in [6.45, 7) is 2.92. The van der Waals surface area contributed by atoms with Gasteiger partial charge < -0.3 is 10.1 Å². The van der Waals surface area contributed by atoms with E-state index in [4.69, 9.17) is 10.00 Å². The van der Waals surface area contributed by atoms with Crippen LogP contribution in [0, 0.1) is 17.1 Å². The Morgan fingerprint density at radius 1 is 1.40 bits per heavy atom. The third-order valence-electron chi connectivity index (χ3n) is 2.68. The van der Waals surface area contributed by atoms with Crippen LogP contribution in [-0.4, -0.2) is 11.5 Å². The molecule has 20 heavy (non-hydrogen) atoms. The molecule has 0 aliphatic carbocycles. The number of pyridine rings is 1. The van der Waals surface area contributed by atoms with E-state index in [9.17, 15) is 4.39 Å². The van der Waals surface area contributed by atoms with Gasteiger partial charge in [0.1, 0.15) is 12.4 Å². The molecular weight excluding hydrogens is 257 g/mol. The Balaban J connectivity index is 2.11. The molecule has 0 saturated carbocycles. The van der Waals surface area contributed by atoms with Gasteiger partial charge in [0.2, 0.25) is 0 Å². The van der Waals surface area contributed by atoms with Crippen LogP contribution in [0.1, 0.15) is 18.1 Å². The van der Waals surface area contributed by atoms with Crippen LogP contribution in [0.3, 0.4) is 0 Å². The molecule has 2 rings (SSSR count). The molecule has 0 unspecified atom stereocenters. The summed E-state index contributed by atoms with van der Waals surface area (Å²) in [6, 6.07) is 9.68. The summed E-state index contributed by atoms with van der Waals surface area (Å²) in [7, 11) is 0. The van der Waals surface area contributed by atoms with Gasteiger partial charge in [-0.3, -0.25) is 0 Å². The lowest BCUT2D eigenvalue weighted by Crippen LogP contribution is -2.06. The van der Waals surface area contributed by atoms with Crippen molar-refractivity contribution < 1.29 is 9.13 Å². The topological polar surface area (TPSA) is 57.9 Å². The molecule has 1 aromatic heterocycles. The minimum Gasteiger partial charge on any atom is -0.486 e. The van der Waals surface area contributed by atoms with Crippen LogP contribution in [0.15, 0.2) is 36.5 Å². The Morgan fingerprint density at radius 3 is 2.95 bits per heavy atom. The lowest BCUT2D eigenvalue weighted by Gasteiger charge is -2.11. The number of halogens is 1. The first-order valence-electron chi connectivity index (χ1n) is 6.24. The second-order valence-corrected chi connectivity index (χ2v) is 4.09. The average Bonchev–Trinajstić information content (AvgIpc) is 2.47. The van der Waals surface area contributed by atoms with Crippen molar-refractivity contribution in [1.29, 1.82) is 5.26 Å². The summed E-state index contributed by atoms with van der Waals surface area (Å²) in [6.07, 6.45) is 1.68. The summed E-state index contributed by atoms with van der Waals surface area (Å²) in [5.41, 5.74) is 1.11. The smallest absolute Gasteiger partial charge is 0.166 e. The zero-order valence-corrected chi connectivity index (χ0v) is 11.1. The standard InChI is InChI=1S/C15H14FN3O/c1-2-18-15-12(4-3-7-19-15)10-20-14-6-5-11(9-17)8-13(14)16/h3-8H,2,10H2,1H3,(H,18,19). The molecule has 0 spiro atoms. The highest BCUT2D eigenvalue weighted by Gasteiger charge is 2.07. The molecule has 1 heterocycles. The quantitative estimate of drug-likeness (QED) is 0.907. The molecule has 0 amide bonds. The van der Waals surface area contributed by atoms with Gasteiger partial charge in [-0.15, -0.1) is 0 Å². The molecule has 2 aromatic rings. The number of anilines is 1. The molecule has 0 bridgehead atoms. The fraction of sp³-hybridized carbons (Fsp3) is 0.200. The lowest BCUT2D eigenvalue weighted by atomic mass is 10.2. The van der Waals surface area contributed by atoms with Crippen molar-refractivity contribution in [3.63, 3.8) is 0 Å². The molecule has 0 aliphatic rings. The number of hydrogen-bond acceptors (Lipinski definition) is 4. The van der Waals surface area contributed by atoms with Crippen LogP contribution in [0.5, 0.6) is 5.75 Å². The third kappa shape index (κ3) is 3.23. The molecule has 1 N–H and O–H groups in total.